The molecule has 0 saturated heterocycles. The molecule has 1 saturated carbocycles. The molecule has 1 aromatic rings. The molecule has 3 N–H and O–H groups in total. The van der Waals surface area contributed by atoms with Gasteiger partial charge in [0, 0.05) is 44.2 Å². The minimum Gasteiger partial charge on any atom is -0.459 e. The lowest BCUT2D eigenvalue weighted by Gasteiger charge is -2.60. The largest absolute Gasteiger partial charge is 0.459 e. The summed E-state index contributed by atoms with van der Waals surface area (Å²) in [6.45, 7) is 17.6. The number of hydrogen-bond donors (Lipinski definition) is 3. The zero-order chi connectivity index (χ0) is 45.0. The van der Waals surface area contributed by atoms with Gasteiger partial charge in [-0.25, -0.2) is 9.59 Å². The molecule has 0 aromatic heterocycles. The van der Waals surface area contributed by atoms with Crippen LogP contribution in [0.3, 0.4) is 0 Å². The standard InChI is InChI=1S/C50H81N3O9/c1-8-12-13-14-15-16-17-18-19-24-33-58-48(57)53(29-9-2)44-36-42(52-62-49(5,6)7)40-34-37(25-20-22-30-54)39(26-21-23-31-55)45-41-35-38(60-47(56)51-11-4)27-28-43(41)61-50(44,46(40)45)59-32-10-3/h10,27-28,34-35,37,39,44-46,54-55H,3,8-9,11-26,29-33,36H2,1-2,4-7H3,(H,51,56). The van der Waals surface area contributed by atoms with Crippen molar-refractivity contribution in [2.75, 3.05) is 39.5 Å². The smallest absolute Gasteiger partial charge is 0.412 e. The first-order chi connectivity index (χ1) is 30.0. The molecular formula is C50H81N3O9. The van der Waals surface area contributed by atoms with E-state index in [1.165, 1.54) is 44.9 Å². The Kier molecular flexibility index (Phi) is 21.6. The molecule has 1 fully saturated rings. The third kappa shape index (κ3) is 14.2. The number of carbonyl (C=O) groups excluding carboxylic acids is 2. The summed E-state index contributed by atoms with van der Waals surface area (Å²) < 4.78 is 26.3. The minimum absolute atomic E-state index is 0.0366. The van der Waals surface area contributed by atoms with E-state index in [0.717, 1.165) is 61.8 Å². The highest BCUT2D eigenvalue weighted by molar-refractivity contribution is 6.03. The van der Waals surface area contributed by atoms with Crippen LogP contribution in [-0.2, 0) is 14.3 Å². The number of nitrogens with zero attached hydrogens (tertiary/aromatic N) is 2. The molecule has 1 heterocycles. The first-order valence-electron chi connectivity index (χ1n) is 24.1. The Bertz CT molecular complexity index is 1590. The van der Waals surface area contributed by atoms with Crippen molar-refractivity contribution in [3.8, 4) is 11.5 Å². The molecule has 0 bridgehead atoms. The van der Waals surface area contributed by atoms with E-state index in [0.29, 0.717) is 56.9 Å². The zero-order valence-corrected chi connectivity index (χ0v) is 39.1. The van der Waals surface area contributed by atoms with Crippen LogP contribution in [0.25, 0.3) is 0 Å². The Morgan fingerprint density at radius 2 is 1.61 bits per heavy atom. The monoisotopic (exact) mass is 868 g/mol. The number of carbonyl (C=O) groups is 2. The lowest BCUT2D eigenvalue weighted by Crippen LogP contribution is -2.70. The summed E-state index contributed by atoms with van der Waals surface area (Å²) in [5.41, 5.74) is 1.96. The second-order valence-electron chi connectivity index (χ2n) is 18.4. The summed E-state index contributed by atoms with van der Waals surface area (Å²) in [6, 6.07) is 4.83. The quantitative estimate of drug-likeness (QED) is 0.0425. The fourth-order valence-corrected chi connectivity index (χ4v) is 9.64. The number of oxime groups is 1. The predicted molar refractivity (Wildman–Crippen MR) is 246 cm³/mol. The van der Waals surface area contributed by atoms with Gasteiger partial charge in [-0.2, -0.15) is 0 Å². The summed E-state index contributed by atoms with van der Waals surface area (Å²) in [6.07, 6.45) is 20.5. The Morgan fingerprint density at radius 1 is 0.935 bits per heavy atom. The number of ether oxygens (including phenoxy) is 4. The second kappa shape index (κ2) is 26.2. The zero-order valence-electron chi connectivity index (χ0n) is 39.1. The van der Waals surface area contributed by atoms with E-state index >= 15 is 0 Å². The first-order valence-corrected chi connectivity index (χ1v) is 24.1. The SMILES string of the molecule is C=CCOC12Oc3ccc(OC(=O)NCC)cc3C3C(CCCCO)C(CCCCO)C=C(C(=NOC(C)(C)C)CC1N(CCC)C(=O)OCCCCCCCCCCCC)C32. The average molecular weight is 868 g/mol. The van der Waals surface area contributed by atoms with Crippen LogP contribution >= 0.6 is 0 Å². The van der Waals surface area contributed by atoms with E-state index in [-0.39, 0.29) is 37.6 Å². The Hall–Kier alpha value is -3.61. The Labute approximate surface area is 373 Å². The van der Waals surface area contributed by atoms with E-state index in [4.69, 9.17) is 28.9 Å². The number of rotatable bonds is 28. The number of hydrogen-bond acceptors (Lipinski definition) is 10. The number of aliphatic hydroxyl groups is 2. The minimum atomic E-state index is -1.39. The van der Waals surface area contributed by atoms with Crippen molar-refractivity contribution in [1.29, 1.82) is 0 Å². The maximum absolute atomic E-state index is 14.5. The van der Waals surface area contributed by atoms with Gasteiger partial charge in [0.15, 0.2) is 0 Å². The summed E-state index contributed by atoms with van der Waals surface area (Å²) >= 11 is 0. The average Bonchev–Trinajstić information content (AvgIpc) is 3.24. The van der Waals surface area contributed by atoms with Gasteiger partial charge < -0.3 is 39.3 Å². The molecule has 350 valence electrons. The van der Waals surface area contributed by atoms with Crippen LogP contribution < -0.4 is 14.8 Å². The number of allylic oxidation sites excluding steroid dienone is 1. The van der Waals surface area contributed by atoms with Gasteiger partial charge in [-0.3, -0.25) is 4.90 Å². The molecule has 1 aliphatic heterocycles. The van der Waals surface area contributed by atoms with Gasteiger partial charge >= 0.3 is 12.2 Å². The maximum Gasteiger partial charge on any atom is 0.412 e. The molecule has 1 aromatic carbocycles. The van der Waals surface area contributed by atoms with Crippen molar-refractivity contribution in [2.24, 2.45) is 22.9 Å². The number of unbranched alkanes of at least 4 members (excludes halogenated alkanes) is 11. The van der Waals surface area contributed by atoms with Crippen molar-refractivity contribution < 1.29 is 43.6 Å². The van der Waals surface area contributed by atoms with Crippen LogP contribution in [0.15, 0.2) is 47.7 Å². The number of amides is 2. The maximum atomic E-state index is 14.5. The fraction of sp³-hybridized carbons (Fsp3) is 0.740. The number of nitrogens with one attached hydrogen (secondary N) is 1. The van der Waals surface area contributed by atoms with Gasteiger partial charge in [-0.05, 0) is 102 Å². The Morgan fingerprint density at radius 3 is 2.24 bits per heavy atom. The normalized spacial score (nSPS) is 23.4. The van der Waals surface area contributed by atoms with E-state index in [9.17, 15) is 19.8 Å². The van der Waals surface area contributed by atoms with E-state index < -0.39 is 35.5 Å². The predicted octanol–water partition coefficient (Wildman–Crippen LogP) is 11.0. The number of benzene rings is 1. The van der Waals surface area contributed by atoms with Gasteiger partial charge in [-0.1, -0.05) is 102 Å². The van der Waals surface area contributed by atoms with E-state index in [1.54, 1.807) is 17.0 Å². The first kappa shape index (κ1) is 51.0. The summed E-state index contributed by atoms with van der Waals surface area (Å²) in [7, 11) is 0. The molecule has 4 rings (SSSR count). The van der Waals surface area contributed by atoms with Gasteiger partial charge in [-0.15, -0.1) is 6.58 Å². The number of fused-ring (bicyclic) bond motifs is 2. The molecule has 2 amide bonds. The fourth-order valence-electron chi connectivity index (χ4n) is 9.64. The molecule has 62 heavy (non-hydrogen) atoms. The second-order valence-corrected chi connectivity index (χ2v) is 18.4. The Balaban J connectivity index is 1.83. The summed E-state index contributed by atoms with van der Waals surface area (Å²) in [5.74, 6) is -1.02. The molecule has 3 aliphatic rings. The van der Waals surface area contributed by atoms with Gasteiger partial charge in [0.1, 0.15) is 23.1 Å². The third-order valence-corrected chi connectivity index (χ3v) is 12.4. The van der Waals surface area contributed by atoms with Crippen molar-refractivity contribution in [2.45, 2.75) is 180 Å². The van der Waals surface area contributed by atoms with Crippen molar-refractivity contribution in [1.82, 2.24) is 10.2 Å². The molecule has 6 atom stereocenters. The molecular weight excluding hydrogens is 787 g/mol. The van der Waals surface area contributed by atoms with E-state index in [1.807, 2.05) is 39.8 Å². The van der Waals surface area contributed by atoms with Crippen LogP contribution in [0.1, 0.15) is 169 Å². The van der Waals surface area contributed by atoms with Gasteiger partial charge in [0.25, 0.3) is 0 Å². The number of aliphatic hydroxyl groups excluding tert-OH is 2. The van der Waals surface area contributed by atoms with Crippen molar-refractivity contribution in [3.05, 3.63) is 48.1 Å². The lowest BCUT2D eigenvalue weighted by molar-refractivity contribution is -0.255. The molecule has 0 radical (unpaired) electrons. The van der Waals surface area contributed by atoms with Gasteiger partial charge in [0.05, 0.1) is 24.8 Å². The summed E-state index contributed by atoms with van der Waals surface area (Å²) in [5, 5.41) is 27.4. The third-order valence-electron chi connectivity index (χ3n) is 12.4. The van der Waals surface area contributed by atoms with Crippen LogP contribution in [0.5, 0.6) is 11.5 Å². The lowest BCUT2D eigenvalue weighted by atomic mass is 9.55. The highest BCUT2D eigenvalue weighted by atomic mass is 16.7. The molecule has 12 heteroatoms. The van der Waals surface area contributed by atoms with Crippen LogP contribution in [0, 0.1) is 17.8 Å². The van der Waals surface area contributed by atoms with Crippen LogP contribution in [0.4, 0.5) is 9.59 Å². The topological polar surface area (TPSA) is 148 Å². The van der Waals surface area contributed by atoms with Crippen molar-refractivity contribution in [3.63, 3.8) is 0 Å². The molecule has 6 unspecified atom stereocenters. The highest BCUT2D eigenvalue weighted by Gasteiger charge is 2.65. The van der Waals surface area contributed by atoms with Crippen LogP contribution in [0.2, 0.25) is 0 Å². The van der Waals surface area contributed by atoms with Crippen LogP contribution in [-0.4, -0.2) is 90.0 Å². The highest BCUT2D eigenvalue weighted by Crippen LogP contribution is 2.62. The molecule has 12 nitrogen and oxygen atoms in total. The summed E-state index contributed by atoms with van der Waals surface area (Å²) in [4.78, 5) is 35.3. The molecule has 2 aliphatic carbocycles. The van der Waals surface area contributed by atoms with E-state index in [2.05, 4.69) is 31.8 Å². The molecule has 0 spiro atoms. The van der Waals surface area contributed by atoms with Crippen molar-refractivity contribution >= 4 is 17.9 Å². The van der Waals surface area contributed by atoms with Gasteiger partial charge in [0.2, 0.25) is 5.79 Å².